The topological polar surface area (TPSA) is 88.3 Å². The van der Waals surface area contributed by atoms with E-state index in [-0.39, 0.29) is 24.3 Å². The Morgan fingerprint density at radius 1 is 1.45 bits per heavy atom. The van der Waals surface area contributed by atoms with Gasteiger partial charge in [0.25, 0.3) is 5.91 Å². The zero-order valence-electron chi connectivity index (χ0n) is 12.5. The third-order valence-corrected chi connectivity index (χ3v) is 4.67. The molecule has 1 aliphatic heterocycles. The van der Waals surface area contributed by atoms with Gasteiger partial charge in [-0.15, -0.1) is 11.3 Å². The van der Waals surface area contributed by atoms with Crippen molar-refractivity contribution in [3.63, 3.8) is 0 Å². The normalized spacial score (nSPS) is 21.7. The van der Waals surface area contributed by atoms with Crippen LogP contribution in [0.4, 0.5) is 4.79 Å². The second kappa shape index (κ2) is 5.20. The predicted octanol–water partition coefficient (Wildman–Crippen LogP) is 2.22. The first-order valence-corrected chi connectivity index (χ1v) is 7.80. The molecule has 0 unspecified atom stereocenters. The molecule has 0 bridgehead atoms. The van der Waals surface area contributed by atoms with Crippen molar-refractivity contribution < 1.29 is 14.1 Å². The number of thiophene rings is 1. The van der Waals surface area contributed by atoms with Gasteiger partial charge in [0.05, 0.1) is 0 Å². The number of nitrogens with one attached hydrogen (secondary N) is 1. The molecule has 2 aromatic heterocycles. The largest absolute Gasteiger partial charge is 0.337 e. The van der Waals surface area contributed by atoms with E-state index in [1.54, 1.807) is 6.92 Å². The van der Waals surface area contributed by atoms with Gasteiger partial charge in [-0.25, -0.2) is 4.79 Å². The molecule has 0 saturated carbocycles. The first-order chi connectivity index (χ1) is 10.4. The van der Waals surface area contributed by atoms with E-state index in [1.807, 2.05) is 31.4 Å². The summed E-state index contributed by atoms with van der Waals surface area (Å²) >= 11 is 1.43. The Morgan fingerprint density at radius 2 is 2.23 bits per heavy atom. The molecule has 116 valence electrons. The molecule has 0 spiro atoms. The van der Waals surface area contributed by atoms with Crippen molar-refractivity contribution in [2.45, 2.75) is 38.8 Å². The number of carbonyl (C=O) groups is 2. The van der Waals surface area contributed by atoms with Crippen molar-refractivity contribution in [2.24, 2.45) is 0 Å². The summed E-state index contributed by atoms with van der Waals surface area (Å²) in [4.78, 5) is 30.9. The summed E-state index contributed by atoms with van der Waals surface area (Å²) in [5.74, 6) is 0.618. The molecule has 3 rings (SSSR count). The number of nitrogens with zero attached hydrogens (tertiary/aromatic N) is 3. The number of carbonyl (C=O) groups excluding carboxylic acids is 2. The molecule has 2 aromatic rings. The van der Waals surface area contributed by atoms with Gasteiger partial charge in [0.2, 0.25) is 5.89 Å². The second-order valence-corrected chi connectivity index (χ2v) is 6.57. The van der Waals surface area contributed by atoms with Gasteiger partial charge in [-0.2, -0.15) is 4.98 Å². The summed E-state index contributed by atoms with van der Waals surface area (Å²) in [6.07, 6.45) is 0. The van der Waals surface area contributed by atoms with E-state index in [2.05, 4.69) is 15.5 Å². The van der Waals surface area contributed by atoms with E-state index in [1.165, 1.54) is 11.3 Å². The van der Waals surface area contributed by atoms with Crippen LogP contribution < -0.4 is 5.32 Å². The molecule has 1 N–H and O–H groups in total. The Morgan fingerprint density at radius 3 is 2.82 bits per heavy atom. The second-order valence-electron chi connectivity index (χ2n) is 5.62. The monoisotopic (exact) mass is 320 g/mol. The average molecular weight is 320 g/mol. The average Bonchev–Trinajstić information content (AvgIpc) is 3.17. The number of rotatable bonds is 4. The number of amides is 3. The summed E-state index contributed by atoms with van der Waals surface area (Å²) in [5, 5.41) is 8.45. The molecular formula is C14H16N4O3S. The van der Waals surface area contributed by atoms with Crippen LogP contribution in [0.1, 0.15) is 43.3 Å². The first kappa shape index (κ1) is 14.7. The van der Waals surface area contributed by atoms with E-state index in [9.17, 15) is 9.59 Å². The van der Waals surface area contributed by atoms with Crippen molar-refractivity contribution in [3.05, 3.63) is 34.1 Å². The Labute approximate surface area is 131 Å². The smallest absolute Gasteiger partial charge is 0.325 e. The zero-order chi connectivity index (χ0) is 15.9. The lowest BCUT2D eigenvalue weighted by Crippen LogP contribution is -2.40. The van der Waals surface area contributed by atoms with Crippen LogP contribution in [0.5, 0.6) is 0 Å². The molecule has 1 aliphatic rings. The zero-order valence-corrected chi connectivity index (χ0v) is 13.3. The van der Waals surface area contributed by atoms with Gasteiger partial charge >= 0.3 is 6.03 Å². The van der Waals surface area contributed by atoms with Crippen LogP contribution in [0, 0.1) is 0 Å². The van der Waals surface area contributed by atoms with Gasteiger partial charge < -0.3 is 9.84 Å². The third-order valence-electron chi connectivity index (χ3n) is 3.58. The van der Waals surface area contributed by atoms with Crippen LogP contribution >= 0.6 is 11.3 Å². The molecule has 0 radical (unpaired) electrons. The Kier molecular flexibility index (Phi) is 3.48. The van der Waals surface area contributed by atoms with Gasteiger partial charge in [-0.1, -0.05) is 25.1 Å². The van der Waals surface area contributed by atoms with Crippen molar-refractivity contribution in [1.82, 2.24) is 20.4 Å². The minimum absolute atomic E-state index is 0.0225. The lowest BCUT2D eigenvalue weighted by molar-refractivity contribution is -0.131. The third kappa shape index (κ3) is 2.29. The molecule has 0 aromatic carbocycles. The Bertz CT molecular complexity index is 710. The lowest BCUT2D eigenvalue weighted by atomic mass is 10.0. The fourth-order valence-corrected chi connectivity index (χ4v) is 3.11. The highest BCUT2D eigenvalue weighted by Crippen LogP contribution is 2.32. The van der Waals surface area contributed by atoms with E-state index >= 15 is 0 Å². The molecule has 7 nitrogen and oxygen atoms in total. The summed E-state index contributed by atoms with van der Waals surface area (Å²) in [5.41, 5.74) is -1.04. The maximum Gasteiger partial charge on any atom is 0.325 e. The van der Waals surface area contributed by atoms with Crippen molar-refractivity contribution in [3.8, 4) is 0 Å². The maximum absolute atomic E-state index is 12.6. The maximum atomic E-state index is 12.6. The summed E-state index contributed by atoms with van der Waals surface area (Å²) in [7, 11) is 0. The molecule has 1 fully saturated rings. The van der Waals surface area contributed by atoms with E-state index in [0.717, 1.165) is 9.78 Å². The van der Waals surface area contributed by atoms with Crippen molar-refractivity contribution in [1.29, 1.82) is 0 Å². The van der Waals surface area contributed by atoms with Crippen LogP contribution in [0.15, 0.2) is 22.0 Å². The van der Waals surface area contributed by atoms with Crippen LogP contribution in [-0.4, -0.2) is 27.0 Å². The quantitative estimate of drug-likeness (QED) is 0.873. The van der Waals surface area contributed by atoms with Crippen LogP contribution in [-0.2, 0) is 16.9 Å². The minimum atomic E-state index is -1.04. The van der Waals surface area contributed by atoms with Crippen LogP contribution in [0.2, 0.25) is 0 Å². The molecule has 1 saturated heterocycles. The highest BCUT2D eigenvalue weighted by Gasteiger charge is 2.50. The van der Waals surface area contributed by atoms with E-state index in [4.69, 9.17) is 4.52 Å². The van der Waals surface area contributed by atoms with Crippen molar-refractivity contribution in [2.75, 3.05) is 0 Å². The molecular weight excluding hydrogens is 304 g/mol. The fourth-order valence-electron chi connectivity index (χ4n) is 2.27. The molecule has 8 heteroatoms. The number of hydrogen-bond acceptors (Lipinski definition) is 6. The van der Waals surface area contributed by atoms with Crippen molar-refractivity contribution >= 4 is 23.3 Å². The summed E-state index contributed by atoms with van der Waals surface area (Å²) < 4.78 is 5.11. The number of aromatic nitrogens is 2. The molecule has 3 amide bonds. The molecule has 22 heavy (non-hydrogen) atoms. The fraction of sp³-hybridized carbons (Fsp3) is 0.429. The minimum Gasteiger partial charge on any atom is -0.337 e. The lowest BCUT2D eigenvalue weighted by Gasteiger charge is -2.19. The van der Waals surface area contributed by atoms with Gasteiger partial charge in [0, 0.05) is 10.8 Å². The summed E-state index contributed by atoms with van der Waals surface area (Å²) in [6, 6.07) is 3.22. The Balaban J connectivity index is 1.83. The predicted molar refractivity (Wildman–Crippen MR) is 79.1 cm³/mol. The first-order valence-electron chi connectivity index (χ1n) is 6.92. The number of urea groups is 1. The van der Waals surface area contributed by atoms with E-state index in [0.29, 0.717) is 5.82 Å². The van der Waals surface area contributed by atoms with E-state index < -0.39 is 11.6 Å². The van der Waals surface area contributed by atoms with Gasteiger partial charge in [0.1, 0.15) is 6.54 Å². The standard InChI is InChI=1S/C14H16N4O3S/c1-8(2)11-15-10(21-17-11)7-18-12(19)14(3,16-13(18)20)9-5-4-6-22-9/h4-6,8H,7H2,1-3H3,(H,16,20)/t14-/m1/s1. The molecule has 1 atom stereocenters. The van der Waals surface area contributed by atoms with Gasteiger partial charge in [-0.3, -0.25) is 9.69 Å². The van der Waals surface area contributed by atoms with Gasteiger partial charge in [-0.05, 0) is 18.4 Å². The molecule has 0 aliphatic carbocycles. The molecule has 3 heterocycles. The van der Waals surface area contributed by atoms with Gasteiger partial charge in [0.15, 0.2) is 11.4 Å². The van der Waals surface area contributed by atoms with Crippen LogP contribution in [0.3, 0.4) is 0 Å². The van der Waals surface area contributed by atoms with Crippen LogP contribution in [0.25, 0.3) is 0 Å². The Hall–Kier alpha value is -2.22. The highest BCUT2D eigenvalue weighted by atomic mass is 32.1. The number of hydrogen-bond donors (Lipinski definition) is 1. The number of imide groups is 1. The SMILES string of the molecule is CC(C)c1noc(CN2C(=O)N[C@](C)(c3cccs3)C2=O)n1. The highest BCUT2D eigenvalue weighted by molar-refractivity contribution is 7.10. The summed E-state index contributed by atoms with van der Waals surface area (Å²) in [6.45, 7) is 5.56.